The van der Waals surface area contributed by atoms with Crippen LogP contribution in [-0.2, 0) is 19.1 Å². The molecular weight excluding hydrogens is 516 g/mol. The van der Waals surface area contributed by atoms with Crippen molar-refractivity contribution in [2.45, 2.75) is 38.8 Å². The van der Waals surface area contributed by atoms with E-state index >= 15 is 0 Å². The summed E-state index contributed by atoms with van der Waals surface area (Å²) in [5, 5.41) is 25.6. The number of benzene rings is 2. The van der Waals surface area contributed by atoms with E-state index in [0.717, 1.165) is 6.08 Å². The van der Waals surface area contributed by atoms with Crippen molar-refractivity contribution in [1.29, 1.82) is 0 Å². The predicted octanol–water partition coefficient (Wildman–Crippen LogP) is 2.88. The highest BCUT2D eigenvalue weighted by molar-refractivity contribution is 6.30. The van der Waals surface area contributed by atoms with Crippen LogP contribution in [0.2, 0.25) is 5.02 Å². The van der Waals surface area contributed by atoms with Gasteiger partial charge in [-0.25, -0.2) is 4.79 Å². The number of aromatic nitrogens is 4. The topological polar surface area (TPSA) is 165 Å². The van der Waals surface area contributed by atoms with Gasteiger partial charge in [-0.2, -0.15) is 4.68 Å². The van der Waals surface area contributed by atoms with E-state index in [1.54, 1.807) is 39.0 Å². The Kier molecular flexibility index (Phi) is 8.92. The number of carboxylic acids is 1. The molecule has 12 nitrogen and oxygen atoms in total. The minimum atomic E-state index is -1.38. The fourth-order valence-corrected chi connectivity index (χ4v) is 3.34. The molecule has 0 aliphatic rings. The van der Waals surface area contributed by atoms with E-state index in [2.05, 4.69) is 26.2 Å². The Hall–Kier alpha value is -4.58. The molecule has 3 N–H and O–H groups in total. The fraction of sp³-hybridized carbons (Fsp3) is 0.240. The van der Waals surface area contributed by atoms with E-state index in [1.807, 2.05) is 0 Å². The van der Waals surface area contributed by atoms with Gasteiger partial charge in [0.05, 0.1) is 17.7 Å². The third kappa shape index (κ3) is 8.23. The number of hydrogen-bond acceptors (Lipinski definition) is 8. The number of ether oxygens (including phenoxy) is 1. The smallest absolute Gasteiger partial charge is 0.338 e. The number of carbonyl (C=O) groups excluding carboxylic acids is 3. The van der Waals surface area contributed by atoms with Crippen LogP contribution >= 0.6 is 11.6 Å². The first-order chi connectivity index (χ1) is 17.9. The van der Waals surface area contributed by atoms with Crippen molar-refractivity contribution in [2.75, 3.05) is 5.32 Å². The molecule has 1 atom stereocenters. The van der Waals surface area contributed by atoms with Crippen LogP contribution in [0, 0.1) is 0 Å². The first-order valence-electron chi connectivity index (χ1n) is 11.3. The number of anilines is 1. The Morgan fingerprint density at radius 2 is 1.84 bits per heavy atom. The minimum Gasteiger partial charge on any atom is -0.481 e. The quantitative estimate of drug-likeness (QED) is 0.273. The second kappa shape index (κ2) is 12.1. The zero-order valence-electron chi connectivity index (χ0n) is 20.7. The molecule has 0 saturated heterocycles. The molecular formula is C25H25ClN6O6. The summed E-state index contributed by atoms with van der Waals surface area (Å²) < 4.78 is 6.67. The Morgan fingerprint density at radius 3 is 2.45 bits per heavy atom. The molecule has 38 heavy (non-hydrogen) atoms. The molecule has 1 heterocycles. The number of nitrogens with zero attached hydrogens (tertiary/aromatic N) is 4. The molecule has 0 radical (unpaired) electrons. The number of aliphatic carboxylic acids is 1. The first kappa shape index (κ1) is 28.0. The average molecular weight is 541 g/mol. The van der Waals surface area contributed by atoms with E-state index < -0.39 is 41.8 Å². The Morgan fingerprint density at radius 1 is 1.13 bits per heavy atom. The Labute approximate surface area is 222 Å². The lowest BCUT2D eigenvalue weighted by atomic mass is 10.1. The second-order valence-corrected chi connectivity index (χ2v) is 9.45. The van der Waals surface area contributed by atoms with Gasteiger partial charge in [0.15, 0.2) is 0 Å². The molecule has 1 aromatic heterocycles. The Bertz CT molecular complexity index is 1350. The van der Waals surface area contributed by atoms with Gasteiger partial charge in [0.25, 0.3) is 0 Å². The van der Waals surface area contributed by atoms with Crippen LogP contribution in [0.25, 0.3) is 11.8 Å². The van der Waals surface area contributed by atoms with Gasteiger partial charge in [0.2, 0.25) is 11.8 Å². The van der Waals surface area contributed by atoms with Crippen molar-refractivity contribution in [2.24, 2.45) is 0 Å². The van der Waals surface area contributed by atoms with Gasteiger partial charge in [-0.05, 0) is 79.7 Å². The number of esters is 1. The summed E-state index contributed by atoms with van der Waals surface area (Å²) in [6, 6.07) is 9.36. The van der Waals surface area contributed by atoms with Gasteiger partial charge in [-0.3, -0.25) is 14.4 Å². The van der Waals surface area contributed by atoms with Gasteiger partial charge in [-0.1, -0.05) is 11.6 Å². The van der Waals surface area contributed by atoms with Crippen molar-refractivity contribution in [3.8, 4) is 5.69 Å². The van der Waals surface area contributed by atoms with Crippen LogP contribution in [0.15, 0.2) is 54.9 Å². The minimum absolute atomic E-state index is 0.278. The number of nitrogens with one attached hydrogen (secondary N) is 2. The lowest BCUT2D eigenvalue weighted by molar-refractivity contribution is -0.139. The molecule has 198 valence electrons. The predicted molar refractivity (Wildman–Crippen MR) is 138 cm³/mol. The maximum atomic E-state index is 12.8. The molecule has 0 spiro atoms. The molecule has 0 unspecified atom stereocenters. The Balaban J connectivity index is 1.69. The lowest BCUT2D eigenvalue weighted by Crippen LogP contribution is -2.44. The number of tetrazole rings is 1. The van der Waals surface area contributed by atoms with Gasteiger partial charge in [0.1, 0.15) is 18.0 Å². The highest BCUT2D eigenvalue weighted by atomic mass is 35.5. The molecule has 3 rings (SSSR count). The number of carboxylic acid groups (broad SMARTS) is 1. The molecule has 13 heteroatoms. The monoisotopic (exact) mass is 540 g/mol. The highest BCUT2D eigenvalue weighted by Gasteiger charge is 2.24. The van der Waals surface area contributed by atoms with Gasteiger partial charge >= 0.3 is 11.9 Å². The summed E-state index contributed by atoms with van der Waals surface area (Å²) in [6.45, 7) is 5.23. The summed E-state index contributed by atoms with van der Waals surface area (Å²) in [4.78, 5) is 48.9. The maximum Gasteiger partial charge on any atom is 0.338 e. The SMILES string of the molecule is CC(C)(C)OC(=O)c1ccc(NC(=O)[C@H](CC(=O)O)NC(=O)/C=C/c2cc(Cl)ccc2-n2cnnn2)cc1. The zero-order chi connectivity index (χ0) is 27.9. The average Bonchev–Trinajstić information content (AvgIpc) is 3.36. The van der Waals surface area contributed by atoms with E-state index in [9.17, 15) is 24.3 Å². The molecule has 0 aliphatic heterocycles. The summed E-state index contributed by atoms with van der Waals surface area (Å²) in [6.07, 6.45) is 3.28. The van der Waals surface area contributed by atoms with Crippen molar-refractivity contribution in [3.05, 3.63) is 71.0 Å². The second-order valence-electron chi connectivity index (χ2n) is 9.02. The normalized spacial score (nSPS) is 12.1. The van der Waals surface area contributed by atoms with E-state index in [0.29, 0.717) is 22.0 Å². The van der Waals surface area contributed by atoms with E-state index in [4.69, 9.17) is 16.3 Å². The summed E-state index contributed by atoms with van der Waals surface area (Å²) >= 11 is 6.07. The largest absolute Gasteiger partial charge is 0.481 e. The van der Waals surface area contributed by atoms with Crippen LogP contribution in [0.1, 0.15) is 43.1 Å². The van der Waals surface area contributed by atoms with Crippen molar-refractivity contribution >= 4 is 47.1 Å². The van der Waals surface area contributed by atoms with Crippen molar-refractivity contribution in [3.63, 3.8) is 0 Å². The molecule has 0 fully saturated rings. The summed E-state index contributed by atoms with van der Waals surface area (Å²) in [7, 11) is 0. The van der Waals surface area contributed by atoms with Gasteiger partial charge < -0.3 is 20.5 Å². The van der Waals surface area contributed by atoms with Gasteiger partial charge in [-0.15, -0.1) is 5.10 Å². The van der Waals surface area contributed by atoms with Crippen LogP contribution in [0.3, 0.4) is 0 Å². The highest BCUT2D eigenvalue weighted by Crippen LogP contribution is 2.20. The fourth-order valence-electron chi connectivity index (χ4n) is 3.16. The molecule has 0 aliphatic carbocycles. The lowest BCUT2D eigenvalue weighted by Gasteiger charge is -2.19. The molecule has 2 amide bonds. The number of carbonyl (C=O) groups is 4. The number of hydrogen-bond donors (Lipinski definition) is 3. The van der Waals surface area contributed by atoms with Crippen LogP contribution < -0.4 is 10.6 Å². The van der Waals surface area contributed by atoms with Crippen LogP contribution in [0.5, 0.6) is 0 Å². The van der Waals surface area contributed by atoms with E-state index in [-0.39, 0.29) is 5.56 Å². The molecule has 0 bridgehead atoms. The van der Waals surface area contributed by atoms with E-state index in [1.165, 1.54) is 41.4 Å². The van der Waals surface area contributed by atoms with Crippen LogP contribution in [0.4, 0.5) is 5.69 Å². The molecule has 0 saturated carbocycles. The van der Waals surface area contributed by atoms with Crippen molar-refractivity contribution in [1.82, 2.24) is 25.5 Å². The standard InChI is InChI=1S/C25H25ClN6O6/c1-25(2,3)38-24(37)15-4-8-18(9-5-15)28-23(36)19(13-22(34)35)29-21(33)11-6-16-12-17(26)7-10-20(16)32-14-27-30-31-32/h4-12,14,19H,13H2,1-3H3,(H,28,36)(H,29,33)(H,34,35)/b11-6+/t19-/m0/s1. The first-order valence-corrected chi connectivity index (χ1v) is 11.7. The third-order valence-electron chi connectivity index (χ3n) is 4.80. The van der Waals surface area contributed by atoms with Crippen molar-refractivity contribution < 1.29 is 29.0 Å². The van der Waals surface area contributed by atoms with Crippen LogP contribution in [-0.4, -0.2) is 60.7 Å². The summed E-state index contributed by atoms with van der Waals surface area (Å²) in [5.41, 5.74) is 0.957. The van der Waals surface area contributed by atoms with Gasteiger partial charge in [0, 0.05) is 22.3 Å². The number of amides is 2. The number of rotatable bonds is 9. The summed E-state index contributed by atoms with van der Waals surface area (Å²) in [5.74, 6) is -3.28. The molecule has 3 aromatic rings. The zero-order valence-corrected chi connectivity index (χ0v) is 21.5. The third-order valence-corrected chi connectivity index (χ3v) is 5.03. The number of halogens is 1. The maximum absolute atomic E-state index is 12.8. The molecule has 2 aromatic carbocycles.